The molecular weight excluding hydrogens is 304 g/mol. The summed E-state index contributed by atoms with van der Waals surface area (Å²) in [5, 5.41) is 19.9. The lowest BCUT2D eigenvalue weighted by molar-refractivity contribution is 0.114. The minimum atomic E-state index is -0.857. The van der Waals surface area contributed by atoms with Crippen molar-refractivity contribution in [1.29, 1.82) is 0 Å². The van der Waals surface area contributed by atoms with Gasteiger partial charge in [-0.3, -0.25) is 4.68 Å². The van der Waals surface area contributed by atoms with Crippen LogP contribution in [0.2, 0.25) is 5.15 Å². The average molecular weight is 319 g/mol. The molecule has 1 aliphatic carbocycles. The number of aromatic nitrogens is 4. The minimum absolute atomic E-state index is 0.175. The summed E-state index contributed by atoms with van der Waals surface area (Å²) in [6, 6.07) is 3.80. The fourth-order valence-corrected chi connectivity index (χ4v) is 2.83. The van der Waals surface area contributed by atoms with Crippen LogP contribution in [0.4, 0.5) is 0 Å². The van der Waals surface area contributed by atoms with E-state index in [0.717, 1.165) is 10.9 Å². The van der Waals surface area contributed by atoms with Crippen molar-refractivity contribution in [3.05, 3.63) is 29.2 Å². The van der Waals surface area contributed by atoms with Gasteiger partial charge < -0.3 is 9.63 Å². The first-order valence-electron chi connectivity index (χ1n) is 7.22. The molecule has 0 spiro atoms. The van der Waals surface area contributed by atoms with Crippen molar-refractivity contribution >= 4 is 22.5 Å². The average Bonchev–Trinajstić information content (AvgIpc) is 2.93. The third-order valence-corrected chi connectivity index (χ3v) is 4.28. The molecule has 0 atom stereocenters. The Hall–Kier alpha value is -1.92. The van der Waals surface area contributed by atoms with Crippen LogP contribution in [0.1, 0.15) is 38.5 Å². The fourth-order valence-electron chi connectivity index (χ4n) is 2.59. The topological polar surface area (TPSA) is 77.0 Å². The number of rotatable bonds is 3. The van der Waals surface area contributed by atoms with E-state index in [1.54, 1.807) is 12.3 Å². The normalized spacial score (nSPS) is 16.6. The van der Waals surface area contributed by atoms with Gasteiger partial charge in [0.25, 0.3) is 0 Å². The zero-order valence-corrected chi connectivity index (χ0v) is 13.0. The molecule has 22 heavy (non-hydrogen) atoms. The molecule has 0 aliphatic heterocycles. The van der Waals surface area contributed by atoms with Gasteiger partial charge in [0.15, 0.2) is 5.76 Å². The molecule has 6 nitrogen and oxygen atoms in total. The van der Waals surface area contributed by atoms with Crippen molar-refractivity contribution < 1.29 is 9.63 Å². The van der Waals surface area contributed by atoms with Crippen molar-refractivity contribution in [2.45, 2.75) is 38.3 Å². The molecule has 7 heteroatoms. The monoisotopic (exact) mass is 318 g/mol. The zero-order chi connectivity index (χ0) is 15.5. The summed E-state index contributed by atoms with van der Waals surface area (Å²) < 4.78 is 7.18. The highest BCUT2D eigenvalue weighted by Crippen LogP contribution is 2.46. The van der Waals surface area contributed by atoms with Gasteiger partial charge >= 0.3 is 0 Å². The Kier molecular flexibility index (Phi) is 2.83. The summed E-state index contributed by atoms with van der Waals surface area (Å²) in [5.74, 6) is 0.481. The van der Waals surface area contributed by atoms with Crippen LogP contribution in [0.25, 0.3) is 22.3 Å². The third kappa shape index (κ3) is 1.94. The van der Waals surface area contributed by atoms with Crippen LogP contribution in [0.3, 0.4) is 0 Å². The number of hydrogen-bond donors (Lipinski definition) is 1. The zero-order valence-electron chi connectivity index (χ0n) is 12.2. The van der Waals surface area contributed by atoms with Crippen LogP contribution in [0.15, 0.2) is 22.9 Å². The van der Waals surface area contributed by atoms with E-state index in [1.807, 2.05) is 24.6 Å². The van der Waals surface area contributed by atoms with E-state index in [9.17, 15) is 5.11 Å². The maximum Gasteiger partial charge on any atom is 0.168 e. The number of hydrogen-bond acceptors (Lipinski definition) is 5. The lowest BCUT2D eigenvalue weighted by Gasteiger charge is -2.06. The van der Waals surface area contributed by atoms with Gasteiger partial charge in [-0.2, -0.15) is 5.10 Å². The van der Waals surface area contributed by atoms with E-state index >= 15 is 0 Å². The van der Waals surface area contributed by atoms with Crippen LogP contribution < -0.4 is 0 Å². The molecule has 0 saturated heterocycles. The lowest BCUT2D eigenvalue weighted by atomic mass is 10.1. The predicted molar refractivity (Wildman–Crippen MR) is 81.6 cm³/mol. The Balaban J connectivity index is 1.93. The van der Waals surface area contributed by atoms with Crippen molar-refractivity contribution in [2.24, 2.45) is 0 Å². The molecule has 3 aromatic rings. The Morgan fingerprint density at radius 2 is 2.18 bits per heavy atom. The molecule has 1 N–H and O–H groups in total. The first kappa shape index (κ1) is 13.7. The quantitative estimate of drug-likeness (QED) is 0.750. The second kappa shape index (κ2) is 4.54. The molecule has 114 valence electrons. The number of aliphatic hydroxyl groups is 1. The van der Waals surface area contributed by atoms with Gasteiger partial charge in [-0.15, -0.1) is 0 Å². The van der Waals surface area contributed by atoms with Gasteiger partial charge in [-0.1, -0.05) is 16.8 Å². The Labute approximate surface area is 131 Å². The van der Waals surface area contributed by atoms with Crippen molar-refractivity contribution in [3.63, 3.8) is 0 Å². The van der Waals surface area contributed by atoms with Crippen LogP contribution in [0.5, 0.6) is 0 Å². The molecule has 3 aromatic heterocycles. The van der Waals surface area contributed by atoms with Crippen molar-refractivity contribution in [2.75, 3.05) is 0 Å². The van der Waals surface area contributed by atoms with Gasteiger partial charge in [0.1, 0.15) is 22.1 Å². The van der Waals surface area contributed by atoms with E-state index in [1.165, 1.54) is 0 Å². The van der Waals surface area contributed by atoms with Gasteiger partial charge in [-0.25, -0.2) is 4.98 Å². The molecule has 0 unspecified atom stereocenters. The summed E-state index contributed by atoms with van der Waals surface area (Å²) in [5.41, 5.74) is 1.24. The Morgan fingerprint density at radius 3 is 2.86 bits per heavy atom. The molecule has 4 rings (SSSR count). The van der Waals surface area contributed by atoms with Gasteiger partial charge in [0.2, 0.25) is 0 Å². The maximum atomic E-state index is 10.1. The second-order valence-electron chi connectivity index (χ2n) is 5.99. The minimum Gasteiger partial charge on any atom is -0.382 e. The number of fused-ring (bicyclic) bond motifs is 1. The molecule has 3 heterocycles. The molecule has 1 aliphatic rings. The van der Waals surface area contributed by atoms with Crippen LogP contribution in [0, 0.1) is 0 Å². The predicted octanol–water partition coefficient (Wildman–Crippen LogP) is 3.30. The van der Waals surface area contributed by atoms with Crippen LogP contribution in [-0.4, -0.2) is 25.0 Å². The highest BCUT2D eigenvalue weighted by molar-refractivity contribution is 6.35. The fraction of sp³-hybridized carbons (Fsp3) is 0.400. The highest BCUT2D eigenvalue weighted by Gasteiger charge is 2.46. The van der Waals surface area contributed by atoms with Gasteiger partial charge in [0.05, 0.1) is 10.9 Å². The lowest BCUT2D eigenvalue weighted by Crippen LogP contribution is -2.02. The number of halogens is 1. The summed E-state index contributed by atoms with van der Waals surface area (Å²) in [7, 11) is 0. The van der Waals surface area contributed by atoms with E-state index in [-0.39, 0.29) is 6.04 Å². The first-order valence-corrected chi connectivity index (χ1v) is 7.60. The Morgan fingerprint density at radius 1 is 1.41 bits per heavy atom. The molecule has 1 saturated carbocycles. The standard InChI is InChI=1S/C15H15ClN4O2/c1-8(2)20-10-3-6-17-14(16)12(10)13(18-20)9-7-11(22-19-9)15(21)4-5-15/h3,6-8,21H,4-5H2,1-2H3. The van der Waals surface area contributed by atoms with Gasteiger partial charge in [0, 0.05) is 18.3 Å². The maximum absolute atomic E-state index is 10.1. The summed E-state index contributed by atoms with van der Waals surface area (Å²) in [4.78, 5) is 4.14. The third-order valence-electron chi connectivity index (χ3n) is 4.00. The number of pyridine rings is 1. The molecule has 0 amide bonds. The van der Waals surface area contributed by atoms with Crippen molar-refractivity contribution in [3.8, 4) is 11.4 Å². The summed E-state index contributed by atoms with van der Waals surface area (Å²) in [6.07, 6.45) is 3.06. The second-order valence-corrected chi connectivity index (χ2v) is 6.35. The highest BCUT2D eigenvalue weighted by atomic mass is 35.5. The molecule has 0 aromatic carbocycles. The van der Waals surface area contributed by atoms with E-state index in [2.05, 4.69) is 15.2 Å². The molecular formula is C15H15ClN4O2. The molecule has 1 fully saturated rings. The van der Waals surface area contributed by atoms with E-state index in [4.69, 9.17) is 16.1 Å². The van der Waals surface area contributed by atoms with Gasteiger partial charge in [-0.05, 0) is 32.8 Å². The number of nitrogens with zero attached hydrogens (tertiary/aromatic N) is 4. The smallest absolute Gasteiger partial charge is 0.168 e. The molecule has 0 radical (unpaired) electrons. The first-order chi connectivity index (χ1) is 10.5. The van der Waals surface area contributed by atoms with Crippen LogP contribution in [-0.2, 0) is 5.60 Å². The van der Waals surface area contributed by atoms with E-state index < -0.39 is 5.60 Å². The van der Waals surface area contributed by atoms with Crippen molar-refractivity contribution in [1.82, 2.24) is 19.9 Å². The largest absolute Gasteiger partial charge is 0.382 e. The molecule has 0 bridgehead atoms. The summed E-state index contributed by atoms with van der Waals surface area (Å²) >= 11 is 6.27. The summed E-state index contributed by atoms with van der Waals surface area (Å²) in [6.45, 7) is 4.09. The SMILES string of the molecule is CC(C)n1nc(-c2cc(C3(O)CC3)on2)c2c(Cl)nccc21. The van der Waals surface area contributed by atoms with E-state index in [0.29, 0.717) is 35.1 Å². The Bertz CT molecular complexity index is 864. The van der Waals surface area contributed by atoms with Crippen LogP contribution >= 0.6 is 11.6 Å².